The van der Waals surface area contributed by atoms with Crippen molar-refractivity contribution in [2.45, 2.75) is 13.8 Å². The molecule has 4 nitrogen and oxygen atoms in total. The van der Waals surface area contributed by atoms with Gasteiger partial charge in [0.2, 0.25) is 0 Å². The predicted molar refractivity (Wildman–Crippen MR) is 104 cm³/mol. The van der Waals surface area contributed by atoms with Crippen molar-refractivity contribution >= 4 is 28.1 Å². The molecule has 0 atom stereocenters. The number of anilines is 1. The number of benzene rings is 3. The molecule has 0 radical (unpaired) electrons. The van der Waals surface area contributed by atoms with E-state index in [1.165, 1.54) is 5.39 Å². The molecule has 3 aromatic carbocycles. The van der Waals surface area contributed by atoms with Gasteiger partial charge in [-0.25, -0.2) is 5.43 Å². The quantitative estimate of drug-likeness (QED) is 0.546. The maximum absolute atomic E-state index is 12.0. The molecule has 0 fully saturated rings. The molecule has 0 saturated carbocycles. The van der Waals surface area contributed by atoms with E-state index < -0.39 is 0 Å². The maximum Gasteiger partial charge on any atom is 0.259 e. The van der Waals surface area contributed by atoms with Gasteiger partial charge in [0.1, 0.15) is 0 Å². The van der Waals surface area contributed by atoms with E-state index in [0.29, 0.717) is 0 Å². The van der Waals surface area contributed by atoms with Crippen LogP contribution in [0.2, 0.25) is 0 Å². The summed E-state index contributed by atoms with van der Waals surface area (Å²) in [6, 6.07) is 22.2. The average Bonchev–Trinajstić information content (AvgIpc) is 2.65. The number of fused-ring (bicyclic) bond motifs is 1. The fourth-order valence-electron chi connectivity index (χ4n) is 2.61. The highest BCUT2D eigenvalue weighted by Crippen LogP contribution is 2.16. The summed E-state index contributed by atoms with van der Waals surface area (Å²) in [7, 11) is 0. The molecule has 0 aliphatic carbocycles. The van der Waals surface area contributed by atoms with Crippen molar-refractivity contribution in [3.8, 4) is 0 Å². The third kappa shape index (κ3) is 4.23. The monoisotopic (exact) mass is 331 g/mol. The van der Waals surface area contributed by atoms with Gasteiger partial charge in [-0.3, -0.25) is 4.79 Å². The molecule has 0 heterocycles. The van der Waals surface area contributed by atoms with Crippen LogP contribution in [-0.2, 0) is 4.79 Å². The van der Waals surface area contributed by atoms with Gasteiger partial charge in [0.25, 0.3) is 5.91 Å². The Hall–Kier alpha value is -3.14. The van der Waals surface area contributed by atoms with E-state index in [1.807, 2.05) is 56.3 Å². The van der Waals surface area contributed by atoms with Crippen LogP contribution >= 0.6 is 0 Å². The minimum absolute atomic E-state index is 0.177. The number of hydrogen-bond donors (Lipinski definition) is 2. The summed E-state index contributed by atoms with van der Waals surface area (Å²) in [5.74, 6) is -0.177. The number of hydrazone groups is 1. The fourth-order valence-corrected chi connectivity index (χ4v) is 2.61. The zero-order valence-electron chi connectivity index (χ0n) is 14.4. The van der Waals surface area contributed by atoms with Crippen LogP contribution in [0.1, 0.15) is 18.1 Å². The normalized spacial score (nSPS) is 11.4. The minimum atomic E-state index is -0.177. The molecule has 0 spiro atoms. The van der Waals surface area contributed by atoms with Crippen LogP contribution < -0.4 is 10.7 Å². The third-order valence-electron chi connectivity index (χ3n) is 4.10. The summed E-state index contributed by atoms with van der Waals surface area (Å²) in [6.45, 7) is 4.07. The summed E-state index contributed by atoms with van der Waals surface area (Å²) >= 11 is 0. The first-order valence-corrected chi connectivity index (χ1v) is 8.25. The van der Waals surface area contributed by atoms with Crippen LogP contribution in [0, 0.1) is 6.92 Å². The lowest BCUT2D eigenvalue weighted by Crippen LogP contribution is -2.27. The van der Waals surface area contributed by atoms with E-state index >= 15 is 0 Å². The number of carbonyl (C=O) groups excluding carboxylic acids is 1. The first-order chi connectivity index (χ1) is 12.1. The fraction of sp³-hybridized carbons (Fsp3) is 0.143. The lowest BCUT2D eigenvalue weighted by Gasteiger charge is -2.08. The van der Waals surface area contributed by atoms with Gasteiger partial charge in [-0.1, -0.05) is 54.6 Å². The molecule has 2 N–H and O–H groups in total. The van der Waals surface area contributed by atoms with Crippen LogP contribution in [0.4, 0.5) is 5.69 Å². The maximum atomic E-state index is 12.0. The van der Waals surface area contributed by atoms with Crippen LogP contribution in [0.5, 0.6) is 0 Å². The summed E-state index contributed by atoms with van der Waals surface area (Å²) in [5, 5.41) is 9.67. The summed E-state index contributed by atoms with van der Waals surface area (Å²) in [5.41, 5.74) is 6.42. The van der Waals surface area contributed by atoms with Crippen molar-refractivity contribution in [3.05, 3.63) is 77.9 Å². The van der Waals surface area contributed by atoms with Crippen molar-refractivity contribution in [1.82, 2.24) is 5.43 Å². The number of carbonyl (C=O) groups is 1. The number of rotatable bonds is 5. The molecule has 0 aromatic heterocycles. The number of amides is 1. The predicted octanol–water partition coefficient (Wildman–Crippen LogP) is 4.10. The molecule has 0 saturated heterocycles. The van der Waals surface area contributed by atoms with E-state index in [4.69, 9.17) is 0 Å². The van der Waals surface area contributed by atoms with E-state index in [2.05, 4.69) is 40.1 Å². The second-order valence-electron chi connectivity index (χ2n) is 5.96. The lowest BCUT2D eigenvalue weighted by molar-refractivity contribution is -0.119. The van der Waals surface area contributed by atoms with Crippen molar-refractivity contribution < 1.29 is 4.79 Å². The van der Waals surface area contributed by atoms with Gasteiger partial charge in [-0.05, 0) is 47.9 Å². The molecular formula is C21H21N3O. The van der Waals surface area contributed by atoms with Crippen molar-refractivity contribution in [2.24, 2.45) is 5.10 Å². The van der Waals surface area contributed by atoms with Gasteiger partial charge in [-0.15, -0.1) is 0 Å². The van der Waals surface area contributed by atoms with Gasteiger partial charge in [0.05, 0.1) is 12.3 Å². The first kappa shape index (κ1) is 16.7. The van der Waals surface area contributed by atoms with Gasteiger partial charge < -0.3 is 5.32 Å². The van der Waals surface area contributed by atoms with Gasteiger partial charge in [0.15, 0.2) is 0 Å². The van der Waals surface area contributed by atoms with Crippen LogP contribution in [0.25, 0.3) is 10.8 Å². The number of nitrogens with zero attached hydrogens (tertiary/aromatic N) is 1. The minimum Gasteiger partial charge on any atom is -0.376 e. The topological polar surface area (TPSA) is 53.5 Å². The van der Waals surface area contributed by atoms with E-state index in [0.717, 1.165) is 27.9 Å². The highest BCUT2D eigenvalue weighted by Gasteiger charge is 2.03. The summed E-state index contributed by atoms with van der Waals surface area (Å²) in [4.78, 5) is 12.0. The molecule has 126 valence electrons. The Balaban J connectivity index is 1.62. The number of aryl methyl sites for hydroxylation is 1. The molecule has 4 heteroatoms. The Labute approximate surface area is 147 Å². The molecular weight excluding hydrogens is 310 g/mol. The SMILES string of the molecule is C/C(=N\NC(=O)CNc1ccccc1C)c1ccc2ccccc2c1. The van der Waals surface area contributed by atoms with Crippen molar-refractivity contribution in [2.75, 3.05) is 11.9 Å². The van der Waals surface area contributed by atoms with E-state index in [1.54, 1.807) is 0 Å². The van der Waals surface area contributed by atoms with Crippen LogP contribution in [-0.4, -0.2) is 18.2 Å². The zero-order valence-corrected chi connectivity index (χ0v) is 14.4. The smallest absolute Gasteiger partial charge is 0.259 e. The van der Waals surface area contributed by atoms with Crippen molar-refractivity contribution in [1.29, 1.82) is 0 Å². The van der Waals surface area contributed by atoms with Gasteiger partial charge in [-0.2, -0.15) is 5.10 Å². The van der Waals surface area contributed by atoms with Crippen LogP contribution in [0.3, 0.4) is 0 Å². The third-order valence-corrected chi connectivity index (χ3v) is 4.10. The molecule has 0 aliphatic rings. The van der Waals surface area contributed by atoms with E-state index in [-0.39, 0.29) is 12.5 Å². The standard InChI is InChI=1S/C21H21N3O/c1-15-7-3-6-10-20(15)22-14-21(25)24-23-16(2)18-12-11-17-8-4-5-9-19(17)13-18/h3-13,22H,14H2,1-2H3,(H,24,25)/b23-16+. The van der Waals surface area contributed by atoms with Crippen molar-refractivity contribution in [3.63, 3.8) is 0 Å². The highest BCUT2D eigenvalue weighted by atomic mass is 16.2. The average molecular weight is 331 g/mol. The molecule has 0 unspecified atom stereocenters. The van der Waals surface area contributed by atoms with Gasteiger partial charge in [0, 0.05) is 5.69 Å². The zero-order chi connectivity index (χ0) is 17.6. The number of hydrogen-bond acceptors (Lipinski definition) is 3. The Morgan fingerprint density at radius 3 is 2.48 bits per heavy atom. The summed E-state index contributed by atoms with van der Waals surface area (Å²) in [6.07, 6.45) is 0. The molecule has 1 amide bonds. The first-order valence-electron chi connectivity index (χ1n) is 8.25. The Morgan fingerprint density at radius 1 is 0.960 bits per heavy atom. The Bertz CT molecular complexity index is 931. The highest BCUT2D eigenvalue weighted by molar-refractivity contribution is 6.02. The molecule has 3 aromatic rings. The summed E-state index contributed by atoms with van der Waals surface area (Å²) < 4.78 is 0. The number of para-hydroxylation sites is 1. The number of nitrogens with one attached hydrogen (secondary N) is 2. The Morgan fingerprint density at radius 2 is 1.68 bits per heavy atom. The van der Waals surface area contributed by atoms with Gasteiger partial charge >= 0.3 is 0 Å². The second kappa shape index (κ2) is 7.62. The lowest BCUT2D eigenvalue weighted by atomic mass is 10.0. The Kier molecular flexibility index (Phi) is 5.09. The van der Waals surface area contributed by atoms with E-state index in [9.17, 15) is 4.79 Å². The van der Waals surface area contributed by atoms with Crippen LogP contribution in [0.15, 0.2) is 71.8 Å². The largest absolute Gasteiger partial charge is 0.376 e. The molecule has 0 aliphatic heterocycles. The molecule has 25 heavy (non-hydrogen) atoms. The molecule has 3 rings (SSSR count). The molecule has 0 bridgehead atoms. The second-order valence-corrected chi connectivity index (χ2v) is 5.96.